The Morgan fingerprint density at radius 3 is 2.16 bits per heavy atom. The van der Waals surface area contributed by atoms with Crippen LogP contribution < -0.4 is 5.32 Å². The summed E-state index contributed by atoms with van der Waals surface area (Å²) in [7, 11) is 0. The molecule has 5 heteroatoms. The molecule has 4 saturated carbocycles. The van der Waals surface area contributed by atoms with E-state index < -0.39 is 0 Å². The molecule has 1 N–H and O–H groups in total. The number of thioether (sulfide) groups is 1. The van der Waals surface area contributed by atoms with Crippen LogP contribution in [-0.2, 0) is 4.79 Å². The topological polar surface area (TPSA) is 46.9 Å². The normalized spacial score (nSPS) is 28.1. The van der Waals surface area contributed by atoms with Gasteiger partial charge in [-0.1, -0.05) is 60.3 Å². The number of hydrogen-bond acceptors (Lipinski definition) is 3. The zero-order chi connectivity index (χ0) is 21.5. The number of para-hydroxylation sites is 1. The summed E-state index contributed by atoms with van der Waals surface area (Å²) >= 11 is 1.53. The second-order valence-corrected chi connectivity index (χ2v) is 10.9. The van der Waals surface area contributed by atoms with Gasteiger partial charge < -0.3 is 5.32 Å². The third kappa shape index (κ3) is 3.77. The van der Waals surface area contributed by atoms with E-state index in [9.17, 15) is 4.79 Å². The van der Waals surface area contributed by atoms with E-state index in [2.05, 4.69) is 34.1 Å². The molecule has 0 saturated heterocycles. The Morgan fingerprint density at radius 1 is 0.938 bits per heavy atom. The van der Waals surface area contributed by atoms with Gasteiger partial charge in [-0.05, 0) is 68.4 Å². The first kappa shape index (κ1) is 20.1. The summed E-state index contributed by atoms with van der Waals surface area (Å²) in [5.74, 6) is 3.06. The molecule has 0 spiro atoms. The van der Waals surface area contributed by atoms with Crippen LogP contribution in [0.15, 0.2) is 72.0 Å². The van der Waals surface area contributed by atoms with Gasteiger partial charge in [0.2, 0.25) is 5.91 Å². The molecule has 4 nitrogen and oxygen atoms in total. The molecule has 1 amide bonds. The van der Waals surface area contributed by atoms with Gasteiger partial charge in [-0.3, -0.25) is 9.36 Å². The van der Waals surface area contributed by atoms with Crippen molar-refractivity contribution < 1.29 is 4.79 Å². The van der Waals surface area contributed by atoms with Crippen molar-refractivity contribution in [3.63, 3.8) is 0 Å². The molecule has 0 unspecified atom stereocenters. The second-order valence-electron chi connectivity index (χ2n) is 10.00. The number of imidazole rings is 1. The van der Waals surface area contributed by atoms with Gasteiger partial charge in [0.05, 0.1) is 17.6 Å². The van der Waals surface area contributed by atoms with Crippen LogP contribution in [0.2, 0.25) is 0 Å². The summed E-state index contributed by atoms with van der Waals surface area (Å²) in [6, 6.07) is 20.6. The highest BCUT2D eigenvalue weighted by atomic mass is 32.2. The molecule has 164 valence electrons. The van der Waals surface area contributed by atoms with Crippen LogP contribution in [0, 0.1) is 17.8 Å². The third-order valence-corrected chi connectivity index (χ3v) is 8.54. The van der Waals surface area contributed by atoms with Crippen molar-refractivity contribution in [2.45, 2.75) is 49.2 Å². The maximum Gasteiger partial charge on any atom is 0.230 e. The van der Waals surface area contributed by atoms with E-state index >= 15 is 0 Å². The summed E-state index contributed by atoms with van der Waals surface area (Å²) in [5.41, 5.74) is 3.29. The molecule has 0 radical (unpaired) electrons. The highest BCUT2D eigenvalue weighted by Crippen LogP contribution is 2.55. The van der Waals surface area contributed by atoms with Gasteiger partial charge in [-0.2, -0.15) is 0 Å². The first-order valence-electron chi connectivity index (χ1n) is 11.8. The SMILES string of the molecule is O=C(CSc1ncc(-c2ccccc2)n1-c1ccccc1)NC12CC3CC(CC(C3)C1)C2. The van der Waals surface area contributed by atoms with Gasteiger partial charge in [0.15, 0.2) is 5.16 Å². The number of benzene rings is 2. The molecule has 0 aliphatic heterocycles. The summed E-state index contributed by atoms with van der Waals surface area (Å²) in [6.07, 6.45) is 9.65. The molecular formula is C27H29N3OS. The third-order valence-electron chi connectivity index (χ3n) is 7.59. The highest BCUT2D eigenvalue weighted by molar-refractivity contribution is 7.99. The fraction of sp³-hybridized carbons (Fsp3) is 0.407. The van der Waals surface area contributed by atoms with Crippen LogP contribution in [0.25, 0.3) is 16.9 Å². The maximum atomic E-state index is 13.1. The van der Waals surface area contributed by atoms with Crippen LogP contribution >= 0.6 is 11.8 Å². The maximum absolute atomic E-state index is 13.1. The molecule has 32 heavy (non-hydrogen) atoms. The Balaban J connectivity index is 1.21. The number of carbonyl (C=O) groups excluding carboxylic acids is 1. The van der Waals surface area contributed by atoms with Gasteiger partial charge in [0, 0.05) is 16.8 Å². The highest BCUT2D eigenvalue weighted by Gasteiger charge is 2.51. The van der Waals surface area contributed by atoms with Crippen molar-refractivity contribution in [1.29, 1.82) is 0 Å². The van der Waals surface area contributed by atoms with Crippen molar-refractivity contribution in [3.05, 3.63) is 66.9 Å². The number of carbonyl (C=O) groups is 1. The molecule has 2 aromatic carbocycles. The number of hydrogen-bond donors (Lipinski definition) is 1. The van der Waals surface area contributed by atoms with Crippen molar-refractivity contribution in [2.24, 2.45) is 17.8 Å². The van der Waals surface area contributed by atoms with E-state index in [4.69, 9.17) is 4.98 Å². The lowest BCUT2D eigenvalue weighted by Crippen LogP contribution is -2.60. The minimum atomic E-state index is 0.0659. The van der Waals surface area contributed by atoms with E-state index in [1.807, 2.05) is 42.6 Å². The standard InChI is InChI=1S/C27H29N3OS/c31-25(29-27-14-19-11-20(15-27)13-21(12-19)16-27)18-32-26-28-17-24(22-7-3-1-4-8-22)30(26)23-9-5-2-6-10-23/h1-10,17,19-21H,11-16,18H2,(H,29,31). The first-order chi connectivity index (χ1) is 15.7. The van der Waals surface area contributed by atoms with Crippen molar-refractivity contribution in [2.75, 3.05) is 5.75 Å². The predicted molar refractivity (Wildman–Crippen MR) is 129 cm³/mol. The van der Waals surface area contributed by atoms with Crippen LogP contribution in [0.1, 0.15) is 38.5 Å². The van der Waals surface area contributed by atoms with Crippen molar-refractivity contribution in [3.8, 4) is 16.9 Å². The zero-order valence-corrected chi connectivity index (χ0v) is 19.1. The molecule has 0 atom stereocenters. The smallest absolute Gasteiger partial charge is 0.230 e. The van der Waals surface area contributed by atoms with E-state index in [0.29, 0.717) is 5.75 Å². The monoisotopic (exact) mass is 443 g/mol. The first-order valence-corrected chi connectivity index (χ1v) is 12.8. The van der Waals surface area contributed by atoms with E-state index in [1.54, 1.807) is 0 Å². The molecule has 3 aromatic rings. The van der Waals surface area contributed by atoms with Gasteiger partial charge in [0.25, 0.3) is 0 Å². The molecule has 7 rings (SSSR count). The molecule has 1 aromatic heterocycles. The van der Waals surface area contributed by atoms with Crippen molar-refractivity contribution in [1.82, 2.24) is 14.9 Å². The lowest BCUT2D eigenvalue weighted by molar-refractivity contribution is -0.124. The number of amides is 1. The van der Waals surface area contributed by atoms with Gasteiger partial charge in [0.1, 0.15) is 0 Å². The quantitative estimate of drug-likeness (QED) is 0.496. The Labute approximate surface area is 193 Å². The fourth-order valence-corrected chi connectivity index (χ4v) is 7.59. The predicted octanol–water partition coefficient (Wildman–Crippen LogP) is 5.72. The van der Waals surface area contributed by atoms with Gasteiger partial charge in [-0.15, -0.1) is 0 Å². The molecule has 4 aliphatic carbocycles. The molecular weight excluding hydrogens is 414 g/mol. The lowest BCUT2D eigenvalue weighted by Gasteiger charge is -2.56. The minimum absolute atomic E-state index is 0.0659. The Hall–Kier alpha value is -2.53. The van der Waals surface area contributed by atoms with Crippen LogP contribution in [0.5, 0.6) is 0 Å². The minimum Gasteiger partial charge on any atom is -0.350 e. The average molecular weight is 444 g/mol. The average Bonchev–Trinajstić information content (AvgIpc) is 3.22. The summed E-state index contributed by atoms with van der Waals surface area (Å²) < 4.78 is 2.16. The summed E-state index contributed by atoms with van der Waals surface area (Å²) in [6.45, 7) is 0. The van der Waals surface area contributed by atoms with Crippen molar-refractivity contribution >= 4 is 17.7 Å². The number of aromatic nitrogens is 2. The van der Waals surface area contributed by atoms with Crippen LogP contribution in [0.3, 0.4) is 0 Å². The van der Waals surface area contributed by atoms with Gasteiger partial charge >= 0.3 is 0 Å². The van der Waals surface area contributed by atoms with Crippen LogP contribution in [-0.4, -0.2) is 26.8 Å². The molecule has 4 bridgehead atoms. The zero-order valence-electron chi connectivity index (χ0n) is 18.2. The Morgan fingerprint density at radius 2 is 1.53 bits per heavy atom. The fourth-order valence-electron chi connectivity index (χ4n) is 6.80. The molecule has 4 fully saturated rings. The second kappa shape index (κ2) is 8.11. The molecule has 4 aliphatic rings. The van der Waals surface area contributed by atoms with E-state index in [0.717, 1.165) is 39.9 Å². The van der Waals surface area contributed by atoms with E-state index in [-0.39, 0.29) is 11.4 Å². The number of nitrogens with zero attached hydrogens (tertiary/aromatic N) is 2. The van der Waals surface area contributed by atoms with Gasteiger partial charge in [-0.25, -0.2) is 4.98 Å². The summed E-state index contributed by atoms with van der Waals surface area (Å²) in [5, 5.41) is 4.35. The largest absolute Gasteiger partial charge is 0.350 e. The molecule has 1 heterocycles. The lowest BCUT2D eigenvalue weighted by atomic mass is 9.53. The van der Waals surface area contributed by atoms with Crippen LogP contribution in [0.4, 0.5) is 0 Å². The summed E-state index contributed by atoms with van der Waals surface area (Å²) in [4.78, 5) is 17.8. The van der Waals surface area contributed by atoms with E-state index in [1.165, 1.54) is 50.3 Å². The Bertz CT molecular complexity index is 1070. The Kier molecular flexibility index (Phi) is 5.09. The number of rotatable bonds is 6. The number of nitrogens with one attached hydrogen (secondary N) is 1.